The zero-order valence-electron chi connectivity index (χ0n) is 13.4. The molecule has 1 amide bonds. The van der Waals surface area contributed by atoms with Gasteiger partial charge >= 0.3 is 0 Å². The van der Waals surface area contributed by atoms with Gasteiger partial charge in [-0.2, -0.15) is 0 Å². The normalized spacial score (nSPS) is 17.2. The summed E-state index contributed by atoms with van der Waals surface area (Å²) < 4.78 is 1.68. The van der Waals surface area contributed by atoms with Gasteiger partial charge in [0.25, 0.3) is 0 Å². The second-order valence-corrected chi connectivity index (χ2v) is 6.28. The number of hydrogen-bond acceptors (Lipinski definition) is 4. The Labute approximate surface area is 126 Å². The second kappa shape index (κ2) is 7.54. The molecule has 21 heavy (non-hydrogen) atoms. The average molecular weight is 293 g/mol. The predicted molar refractivity (Wildman–Crippen MR) is 81.7 cm³/mol. The van der Waals surface area contributed by atoms with Crippen LogP contribution in [0.15, 0.2) is 6.20 Å². The van der Waals surface area contributed by atoms with E-state index in [1.54, 1.807) is 4.68 Å². The van der Waals surface area contributed by atoms with Crippen LogP contribution in [-0.2, 0) is 11.3 Å². The molecule has 6 nitrogen and oxygen atoms in total. The summed E-state index contributed by atoms with van der Waals surface area (Å²) in [6, 6.07) is -0.269. The molecular formula is C15H27N5O. The van der Waals surface area contributed by atoms with Gasteiger partial charge in [-0.25, -0.2) is 4.68 Å². The Morgan fingerprint density at radius 1 is 1.29 bits per heavy atom. The van der Waals surface area contributed by atoms with Crippen molar-refractivity contribution >= 4 is 5.91 Å². The molecule has 1 N–H and O–H groups in total. The number of piperidine rings is 1. The van der Waals surface area contributed by atoms with E-state index < -0.39 is 0 Å². The minimum atomic E-state index is -0.269. The lowest BCUT2D eigenvalue weighted by molar-refractivity contribution is -0.135. The predicted octanol–water partition coefficient (Wildman–Crippen LogP) is 1.60. The molecule has 1 aromatic heterocycles. The van der Waals surface area contributed by atoms with Crippen molar-refractivity contribution in [3.8, 4) is 0 Å². The molecule has 0 bridgehead atoms. The van der Waals surface area contributed by atoms with Crippen molar-refractivity contribution in [1.29, 1.82) is 0 Å². The van der Waals surface area contributed by atoms with Crippen molar-refractivity contribution < 1.29 is 4.79 Å². The fourth-order valence-corrected chi connectivity index (χ4v) is 2.56. The molecule has 2 heterocycles. The lowest BCUT2D eigenvalue weighted by Gasteiger charge is -2.29. The standard InChI is InChI=1S/C15H27N5O/c1-12(2)9-16-10-14-11-20(18-17-14)13(3)15(21)19-7-5-4-6-8-19/h11-13,16H,4-10H2,1-3H3. The number of nitrogens with one attached hydrogen (secondary N) is 1. The van der Waals surface area contributed by atoms with Crippen LogP contribution in [-0.4, -0.2) is 45.4 Å². The first-order valence-electron chi connectivity index (χ1n) is 7.98. The molecule has 1 aromatic rings. The van der Waals surface area contributed by atoms with E-state index in [0.717, 1.165) is 38.2 Å². The van der Waals surface area contributed by atoms with Crippen LogP contribution in [0.4, 0.5) is 0 Å². The van der Waals surface area contributed by atoms with E-state index in [-0.39, 0.29) is 11.9 Å². The number of carbonyl (C=O) groups is 1. The topological polar surface area (TPSA) is 63.1 Å². The molecule has 0 spiro atoms. The third-order valence-corrected chi connectivity index (χ3v) is 3.84. The molecule has 1 aliphatic rings. The summed E-state index contributed by atoms with van der Waals surface area (Å²) in [5, 5.41) is 11.6. The first kappa shape index (κ1) is 15.9. The van der Waals surface area contributed by atoms with Crippen molar-refractivity contribution in [1.82, 2.24) is 25.2 Å². The summed E-state index contributed by atoms with van der Waals surface area (Å²) in [7, 11) is 0. The Balaban J connectivity index is 1.88. The van der Waals surface area contributed by atoms with Crippen molar-refractivity contribution in [2.75, 3.05) is 19.6 Å². The SMILES string of the molecule is CC(C)CNCc1cn(C(C)C(=O)N2CCCCC2)nn1. The van der Waals surface area contributed by atoms with E-state index in [9.17, 15) is 4.79 Å². The number of amides is 1. The van der Waals surface area contributed by atoms with Gasteiger partial charge in [-0.05, 0) is 38.6 Å². The second-order valence-electron chi connectivity index (χ2n) is 6.28. The van der Waals surface area contributed by atoms with Crippen molar-refractivity contribution in [3.05, 3.63) is 11.9 Å². The maximum Gasteiger partial charge on any atom is 0.247 e. The molecule has 6 heteroatoms. The number of aromatic nitrogens is 3. The molecule has 1 fully saturated rings. The fraction of sp³-hybridized carbons (Fsp3) is 0.800. The summed E-state index contributed by atoms with van der Waals surface area (Å²) in [6.07, 6.45) is 5.33. The van der Waals surface area contributed by atoms with Crippen LogP contribution < -0.4 is 5.32 Å². The Kier molecular flexibility index (Phi) is 5.73. The lowest BCUT2D eigenvalue weighted by Crippen LogP contribution is -2.39. The van der Waals surface area contributed by atoms with Gasteiger partial charge in [0.2, 0.25) is 5.91 Å². The molecule has 2 rings (SSSR count). The molecule has 118 valence electrons. The zero-order valence-corrected chi connectivity index (χ0v) is 13.4. The molecular weight excluding hydrogens is 266 g/mol. The first-order valence-corrected chi connectivity index (χ1v) is 7.98. The Morgan fingerprint density at radius 3 is 2.67 bits per heavy atom. The summed E-state index contributed by atoms with van der Waals surface area (Å²) in [5.41, 5.74) is 0.883. The van der Waals surface area contributed by atoms with Crippen LogP contribution in [0.5, 0.6) is 0 Å². The van der Waals surface area contributed by atoms with E-state index in [0.29, 0.717) is 12.5 Å². The van der Waals surface area contributed by atoms with Gasteiger partial charge in [0, 0.05) is 19.6 Å². The van der Waals surface area contributed by atoms with Gasteiger partial charge in [-0.3, -0.25) is 4.79 Å². The maximum absolute atomic E-state index is 12.4. The quantitative estimate of drug-likeness (QED) is 0.865. The number of likely N-dealkylation sites (tertiary alicyclic amines) is 1. The molecule has 1 saturated heterocycles. The molecule has 0 aromatic carbocycles. The van der Waals surface area contributed by atoms with E-state index >= 15 is 0 Å². The third kappa shape index (κ3) is 4.52. The Morgan fingerprint density at radius 2 is 2.00 bits per heavy atom. The highest BCUT2D eigenvalue weighted by Crippen LogP contribution is 2.15. The molecule has 1 aliphatic heterocycles. The smallest absolute Gasteiger partial charge is 0.247 e. The number of nitrogens with zero attached hydrogens (tertiary/aromatic N) is 4. The number of carbonyl (C=O) groups excluding carboxylic acids is 1. The fourth-order valence-electron chi connectivity index (χ4n) is 2.56. The number of hydrogen-bond donors (Lipinski definition) is 1. The van der Waals surface area contributed by atoms with E-state index in [2.05, 4.69) is 29.5 Å². The lowest BCUT2D eigenvalue weighted by atomic mass is 10.1. The first-order chi connectivity index (χ1) is 10.1. The van der Waals surface area contributed by atoms with Crippen LogP contribution in [0, 0.1) is 5.92 Å². The van der Waals surface area contributed by atoms with E-state index in [4.69, 9.17) is 0 Å². The summed E-state index contributed by atoms with van der Waals surface area (Å²) in [5.74, 6) is 0.765. The highest BCUT2D eigenvalue weighted by Gasteiger charge is 2.24. The van der Waals surface area contributed by atoms with Crippen LogP contribution in [0.3, 0.4) is 0 Å². The largest absolute Gasteiger partial charge is 0.341 e. The maximum atomic E-state index is 12.4. The highest BCUT2D eigenvalue weighted by molar-refractivity contribution is 5.80. The van der Waals surface area contributed by atoms with Crippen LogP contribution in [0.25, 0.3) is 0 Å². The minimum absolute atomic E-state index is 0.154. The Hall–Kier alpha value is -1.43. The van der Waals surface area contributed by atoms with E-state index in [1.165, 1.54) is 6.42 Å². The van der Waals surface area contributed by atoms with Gasteiger partial charge in [-0.1, -0.05) is 19.1 Å². The monoisotopic (exact) mass is 293 g/mol. The summed E-state index contributed by atoms with van der Waals surface area (Å²) in [4.78, 5) is 14.4. The van der Waals surface area contributed by atoms with Gasteiger partial charge < -0.3 is 10.2 Å². The minimum Gasteiger partial charge on any atom is -0.341 e. The molecule has 0 aliphatic carbocycles. The van der Waals surface area contributed by atoms with Gasteiger partial charge in [0.15, 0.2) is 0 Å². The van der Waals surface area contributed by atoms with Gasteiger partial charge in [-0.15, -0.1) is 5.10 Å². The molecule has 0 saturated carbocycles. The third-order valence-electron chi connectivity index (χ3n) is 3.84. The van der Waals surface area contributed by atoms with Crippen molar-refractivity contribution in [2.24, 2.45) is 5.92 Å². The Bertz CT molecular complexity index is 451. The van der Waals surface area contributed by atoms with Crippen LogP contribution in [0.1, 0.15) is 51.8 Å². The van der Waals surface area contributed by atoms with Crippen LogP contribution >= 0.6 is 0 Å². The van der Waals surface area contributed by atoms with Gasteiger partial charge in [0.1, 0.15) is 6.04 Å². The van der Waals surface area contributed by atoms with E-state index in [1.807, 2.05) is 18.0 Å². The summed E-state index contributed by atoms with van der Waals surface area (Å²) in [6.45, 7) is 9.64. The molecule has 1 atom stereocenters. The molecule has 1 unspecified atom stereocenters. The van der Waals surface area contributed by atoms with Crippen LogP contribution in [0.2, 0.25) is 0 Å². The summed E-state index contributed by atoms with van der Waals surface area (Å²) >= 11 is 0. The average Bonchev–Trinajstić information content (AvgIpc) is 2.95. The number of rotatable bonds is 6. The van der Waals surface area contributed by atoms with Crippen molar-refractivity contribution in [2.45, 2.75) is 52.6 Å². The zero-order chi connectivity index (χ0) is 15.2. The molecule has 0 radical (unpaired) electrons. The highest BCUT2D eigenvalue weighted by atomic mass is 16.2. The van der Waals surface area contributed by atoms with Gasteiger partial charge in [0.05, 0.1) is 11.9 Å². The van der Waals surface area contributed by atoms with Crippen molar-refractivity contribution in [3.63, 3.8) is 0 Å².